The normalized spacial score (nSPS) is 11.8. The van der Waals surface area contributed by atoms with Crippen molar-refractivity contribution in [2.75, 3.05) is 19.0 Å². The molecule has 0 heterocycles. The number of nitrogens with one attached hydrogen (secondary N) is 2. The second kappa shape index (κ2) is 7.89. The van der Waals surface area contributed by atoms with Gasteiger partial charge in [-0.15, -0.1) is 0 Å². The summed E-state index contributed by atoms with van der Waals surface area (Å²) in [6.45, 7) is 0.109. The minimum Gasteiger partial charge on any atom is -0.480 e. The van der Waals surface area contributed by atoms with Crippen LogP contribution < -0.4 is 10.6 Å². The quantitative estimate of drug-likeness (QED) is 0.720. The number of hydrogen-bond donors (Lipinski definition) is 3. The number of anilines is 1. The van der Waals surface area contributed by atoms with Crippen LogP contribution in [0.2, 0.25) is 0 Å². The van der Waals surface area contributed by atoms with Gasteiger partial charge < -0.3 is 20.5 Å². The minimum absolute atomic E-state index is 0.0184. The second-order valence-electron chi connectivity index (χ2n) is 4.02. The lowest BCUT2D eigenvalue weighted by molar-refractivity contribution is -0.139. The Bertz CT molecular complexity index is 519. The van der Waals surface area contributed by atoms with Crippen molar-refractivity contribution in [3.8, 4) is 0 Å². The summed E-state index contributed by atoms with van der Waals surface area (Å²) >= 11 is 2.90. The number of methoxy groups -OCH3 is 1. The molecule has 0 aliphatic rings. The highest BCUT2D eigenvalue weighted by atomic mass is 79.9. The number of halogens is 3. The van der Waals surface area contributed by atoms with Gasteiger partial charge in [-0.25, -0.2) is 18.4 Å². The van der Waals surface area contributed by atoms with E-state index in [1.807, 2.05) is 5.32 Å². The molecule has 0 aliphatic carbocycles. The molecular formula is C12H13BrF2N2O4. The Kier molecular flexibility index (Phi) is 6.50. The maximum absolute atomic E-state index is 13.5. The first-order valence-electron chi connectivity index (χ1n) is 5.79. The monoisotopic (exact) mass is 366 g/mol. The number of ether oxygens (including phenoxy) is 1. The average molecular weight is 367 g/mol. The first-order valence-corrected chi connectivity index (χ1v) is 6.58. The molecule has 0 aromatic heterocycles. The van der Waals surface area contributed by atoms with Crippen molar-refractivity contribution in [2.45, 2.75) is 12.5 Å². The SMILES string of the molecule is COCCC(NC(=O)Nc1c(F)cc(Br)cc1F)C(=O)O. The van der Waals surface area contributed by atoms with Gasteiger partial charge in [-0.05, 0) is 12.1 Å². The third kappa shape index (κ3) is 5.27. The number of benzene rings is 1. The first-order chi connectivity index (χ1) is 9.85. The maximum atomic E-state index is 13.5. The van der Waals surface area contributed by atoms with E-state index in [1.165, 1.54) is 7.11 Å². The molecule has 0 fully saturated rings. The molecule has 0 spiro atoms. The number of carboxylic acids is 1. The van der Waals surface area contributed by atoms with Crippen molar-refractivity contribution >= 4 is 33.6 Å². The Hall–Kier alpha value is -1.74. The third-order valence-electron chi connectivity index (χ3n) is 2.46. The van der Waals surface area contributed by atoms with Crippen molar-refractivity contribution in [3.05, 3.63) is 28.2 Å². The molecular weight excluding hydrogens is 354 g/mol. The minimum atomic E-state index is -1.28. The molecule has 0 aliphatic heterocycles. The van der Waals surface area contributed by atoms with Gasteiger partial charge in [-0.2, -0.15) is 0 Å². The van der Waals surface area contributed by atoms with E-state index in [9.17, 15) is 18.4 Å². The van der Waals surface area contributed by atoms with Gasteiger partial charge in [0.2, 0.25) is 0 Å². The summed E-state index contributed by atoms with van der Waals surface area (Å²) in [5.41, 5.74) is -0.661. The molecule has 3 N–H and O–H groups in total. The molecule has 116 valence electrons. The summed E-state index contributed by atoms with van der Waals surface area (Å²) in [6.07, 6.45) is 0.0184. The summed E-state index contributed by atoms with van der Waals surface area (Å²) < 4.78 is 31.9. The highest BCUT2D eigenvalue weighted by molar-refractivity contribution is 9.10. The molecule has 21 heavy (non-hydrogen) atoms. The second-order valence-corrected chi connectivity index (χ2v) is 4.93. The van der Waals surface area contributed by atoms with E-state index in [4.69, 9.17) is 9.84 Å². The number of urea groups is 1. The Morgan fingerprint density at radius 2 is 1.95 bits per heavy atom. The van der Waals surface area contributed by atoms with Gasteiger partial charge in [0.1, 0.15) is 11.7 Å². The van der Waals surface area contributed by atoms with E-state index >= 15 is 0 Å². The Morgan fingerprint density at radius 3 is 2.43 bits per heavy atom. The van der Waals surface area contributed by atoms with Crippen LogP contribution in [-0.2, 0) is 9.53 Å². The van der Waals surface area contributed by atoms with Crippen molar-refractivity contribution in [2.24, 2.45) is 0 Å². The molecule has 0 saturated heterocycles. The highest BCUT2D eigenvalue weighted by Crippen LogP contribution is 2.23. The predicted octanol–water partition coefficient (Wildman–Crippen LogP) is 2.34. The zero-order valence-electron chi connectivity index (χ0n) is 11.0. The molecule has 1 unspecified atom stereocenters. The lowest BCUT2D eigenvalue weighted by Crippen LogP contribution is -2.43. The van der Waals surface area contributed by atoms with Crippen LogP contribution in [0.3, 0.4) is 0 Å². The number of amides is 2. The fourth-order valence-corrected chi connectivity index (χ4v) is 1.86. The van der Waals surface area contributed by atoms with Crippen LogP contribution in [0.1, 0.15) is 6.42 Å². The smallest absolute Gasteiger partial charge is 0.326 e. The topological polar surface area (TPSA) is 87.7 Å². The summed E-state index contributed by atoms with van der Waals surface area (Å²) in [6, 6.07) is -0.318. The van der Waals surface area contributed by atoms with Gasteiger partial charge in [-0.1, -0.05) is 15.9 Å². The lowest BCUT2D eigenvalue weighted by Gasteiger charge is -2.15. The van der Waals surface area contributed by atoms with E-state index in [2.05, 4.69) is 21.2 Å². The Balaban J connectivity index is 2.74. The largest absolute Gasteiger partial charge is 0.480 e. The predicted molar refractivity (Wildman–Crippen MR) is 74.1 cm³/mol. The zero-order chi connectivity index (χ0) is 16.0. The van der Waals surface area contributed by atoms with Crippen LogP contribution in [0.4, 0.5) is 19.3 Å². The number of hydrogen-bond acceptors (Lipinski definition) is 3. The van der Waals surface area contributed by atoms with Crippen molar-refractivity contribution in [3.63, 3.8) is 0 Å². The van der Waals surface area contributed by atoms with E-state index in [0.29, 0.717) is 0 Å². The summed E-state index contributed by atoms with van der Waals surface area (Å²) in [7, 11) is 1.38. The summed E-state index contributed by atoms with van der Waals surface area (Å²) in [4.78, 5) is 22.5. The molecule has 1 aromatic carbocycles. The number of carboxylic acid groups (broad SMARTS) is 1. The lowest BCUT2D eigenvalue weighted by atomic mass is 10.2. The van der Waals surface area contributed by atoms with Crippen LogP contribution in [0.5, 0.6) is 0 Å². The molecule has 0 bridgehead atoms. The van der Waals surface area contributed by atoms with Crippen LogP contribution in [-0.4, -0.2) is 36.9 Å². The van der Waals surface area contributed by atoms with Gasteiger partial charge in [0, 0.05) is 24.6 Å². The van der Waals surface area contributed by atoms with E-state index in [-0.39, 0.29) is 17.5 Å². The van der Waals surface area contributed by atoms with Crippen LogP contribution >= 0.6 is 15.9 Å². The molecule has 2 amide bonds. The number of aliphatic carboxylic acids is 1. The molecule has 0 saturated carbocycles. The number of rotatable bonds is 6. The maximum Gasteiger partial charge on any atom is 0.326 e. The Morgan fingerprint density at radius 1 is 1.38 bits per heavy atom. The molecule has 1 atom stereocenters. The van der Waals surface area contributed by atoms with Gasteiger partial charge >= 0.3 is 12.0 Å². The number of carbonyl (C=O) groups excluding carboxylic acids is 1. The average Bonchev–Trinajstić information content (AvgIpc) is 2.38. The third-order valence-corrected chi connectivity index (χ3v) is 2.92. The van der Waals surface area contributed by atoms with E-state index in [1.54, 1.807) is 0 Å². The highest BCUT2D eigenvalue weighted by Gasteiger charge is 2.21. The molecule has 1 rings (SSSR count). The summed E-state index contributed by atoms with van der Waals surface area (Å²) in [5.74, 6) is -3.25. The van der Waals surface area contributed by atoms with Gasteiger partial charge in [0.15, 0.2) is 11.6 Å². The standard InChI is InChI=1S/C12H13BrF2N2O4/c1-21-3-2-9(11(18)19)16-12(20)17-10-7(14)4-6(13)5-8(10)15/h4-5,9H,2-3H2,1H3,(H,18,19)(H2,16,17,20). The summed E-state index contributed by atoms with van der Waals surface area (Å²) in [5, 5.41) is 12.9. The van der Waals surface area contributed by atoms with Crippen LogP contribution in [0, 0.1) is 11.6 Å². The zero-order valence-corrected chi connectivity index (χ0v) is 12.5. The van der Waals surface area contributed by atoms with Crippen LogP contribution in [0.25, 0.3) is 0 Å². The van der Waals surface area contributed by atoms with Gasteiger partial charge in [0.05, 0.1) is 0 Å². The molecule has 1 aromatic rings. The van der Waals surface area contributed by atoms with Crippen LogP contribution in [0.15, 0.2) is 16.6 Å². The van der Waals surface area contributed by atoms with E-state index in [0.717, 1.165) is 12.1 Å². The number of carbonyl (C=O) groups is 2. The first kappa shape index (κ1) is 17.3. The fraction of sp³-hybridized carbons (Fsp3) is 0.333. The Labute approximate surface area is 127 Å². The van der Waals surface area contributed by atoms with Crippen molar-refractivity contribution in [1.29, 1.82) is 0 Å². The molecule has 0 radical (unpaired) electrons. The molecule has 9 heteroatoms. The van der Waals surface area contributed by atoms with Gasteiger partial charge in [-0.3, -0.25) is 0 Å². The van der Waals surface area contributed by atoms with Gasteiger partial charge in [0.25, 0.3) is 0 Å². The molecule has 6 nitrogen and oxygen atoms in total. The fourth-order valence-electron chi connectivity index (χ4n) is 1.46. The van der Waals surface area contributed by atoms with Crippen molar-refractivity contribution in [1.82, 2.24) is 5.32 Å². The van der Waals surface area contributed by atoms with E-state index < -0.39 is 35.4 Å². The van der Waals surface area contributed by atoms with Crippen molar-refractivity contribution < 1.29 is 28.2 Å².